The SMILES string of the molecule is O=Cc1cccc2c1ccn2CCC(=O)NC1CC1. The molecule has 1 aliphatic carbocycles. The van der Waals surface area contributed by atoms with Crippen LogP contribution in [-0.4, -0.2) is 22.8 Å². The first-order valence-electron chi connectivity index (χ1n) is 6.60. The van der Waals surface area contributed by atoms with Crippen LogP contribution in [-0.2, 0) is 11.3 Å². The van der Waals surface area contributed by atoms with Crippen LogP contribution in [0.2, 0.25) is 0 Å². The molecule has 98 valence electrons. The Bertz CT molecular complexity index is 626. The molecule has 1 saturated carbocycles. The van der Waals surface area contributed by atoms with E-state index >= 15 is 0 Å². The molecule has 0 radical (unpaired) electrons. The first-order chi connectivity index (χ1) is 9.28. The van der Waals surface area contributed by atoms with Crippen LogP contribution in [0, 0.1) is 0 Å². The number of hydrogen-bond acceptors (Lipinski definition) is 2. The van der Waals surface area contributed by atoms with E-state index in [-0.39, 0.29) is 5.91 Å². The lowest BCUT2D eigenvalue weighted by Gasteiger charge is -2.06. The molecule has 1 heterocycles. The predicted molar refractivity (Wildman–Crippen MR) is 73.1 cm³/mol. The second kappa shape index (κ2) is 4.88. The van der Waals surface area contributed by atoms with Crippen LogP contribution in [0.1, 0.15) is 29.6 Å². The van der Waals surface area contributed by atoms with Crippen molar-refractivity contribution in [3.8, 4) is 0 Å². The van der Waals surface area contributed by atoms with Crippen LogP contribution in [0.4, 0.5) is 0 Å². The smallest absolute Gasteiger partial charge is 0.222 e. The lowest BCUT2D eigenvalue weighted by molar-refractivity contribution is -0.121. The van der Waals surface area contributed by atoms with Gasteiger partial charge < -0.3 is 9.88 Å². The predicted octanol–water partition coefficient (Wildman–Crippen LogP) is 2.12. The van der Waals surface area contributed by atoms with E-state index < -0.39 is 0 Å². The molecular weight excluding hydrogens is 240 g/mol. The van der Waals surface area contributed by atoms with Gasteiger partial charge >= 0.3 is 0 Å². The summed E-state index contributed by atoms with van der Waals surface area (Å²) in [6.45, 7) is 0.643. The topological polar surface area (TPSA) is 51.1 Å². The number of fused-ring (bicyclic) bond motifs is 1. The number of rotatable bonds is 5. The molecule has 1 N–H and O–H groups in total. The van der Waals surface area contributed by atoms with Crippen LogP contribution >= 0.6 is 0 Å². The standard InChI is InChI=1S/C15H16N2O2/c18-10-11-2-1-3-14-13(11)6-8-17(14)9-7-15(19)16-12-4-5-12/h1-3,6,8,10,12H,4-5,7,9H2,(H,16,19). The highest BCUT2D eigenvalue weighted by atomic mass is 16.1. The molecule has 4 heteroatoms. The number of nitrogens with zero attached hydrogens (tertiary/aromatic N) is 1. The largest absolute Gasteiger partial charge is 0.353 e. The third-order valence-electron chi connectivity index (χ3n) is 3.50. The monoisotopic (exact) mass is 256 g/mol. The number of aromatic nitrogens is 1. The molecule has 1 aromatic carbocycles. The number of carbonyl (C=O) groups excluding carboxylic acids is 2. The van der Waals surface area contributed by atoms with Crippen molar-refractivity contribution < 1.29 is 9.59 Å². The van der Waals surface area contributed by atoms with Crippen molar-refractivity contribution in [2.24, 2.45) is 0 Å². The molecule has 0 saturated heterocycles. The van der Waals surface area contributed by atoms with Gasteiger partial charge in [0, 0.05) is 41.7 Å². The van der Waals surface area contributed by atoms with Gasteiger partial charge in [-0.3, -0.25) is 9.59 Å². The van der Waals surface area contributed by atoms with Gasteiger partial charge in [0.25, 0.3) is 0 Å². The van der Waals surface area contributed by atoms with Gasteiger partial charge in [-0.15, -0.1) is 0 Å². The van der Waals surface area contributed by atoms with E-state index in [0.717, 1.165) is 30.0 Å². The van der Waals surface area contributed by atoms with E-state index in [9.17, 15) is 9.59 Å². The minimum atomic E-state index is 0.107. The Balaban J connectivity index is 1.73. The summed E-state index contributed by atoms with van der Waals surface area (Å²) in [6.07, 6.45) is 5.50. The molecule has 3 rings (SSSR count). The fourth-order valence-electron chi connectivity index (χ4n) is 2.29. The molecule has 1 aliphatic rings. The maximum atomic E-state index is 11.7. The average Bonchev–Trinajstić information content (AvgIpc) is 3.13. The van der Waals surface area contributed by atoms with Crippen molar-refractivity contribution in [2.75, 3.05) is 0 Å². The molecule has 1 fully saturated rings. The van der Waals surface area contributed by atoms with Gasteiger partial charge in [-0.25, -0.2) is 0 Å². The summed E-state index contributed by atoms with van der Waals surface area (Å²) in [7, 11) is 0. The Kier molecular flexibility index (Phi) is 3.07. The highest BCUT2D eigenvalue weighted by molar-refractivity contribution is 5.97. The van der Waals surface area contributed by atoms with Gasteiger partial charge in [-0.1, -0.05) is 12.1 Å². The number of aldehydes is 1. The number of nitrogens with one attached hydrogen (secondary N) is 1. The Morgan fingerprint density at radius 3 is 2.95 bits per heavy atom. The van der Waals surface area contributed by atoms with E-state index in [1.165, 1.54) is 0 Å². The number of carbonyl (C=O) groups is 2. The zero-order valence-electron chi connectivity index (χ0n) is 10.6. The first kappa shape index (κ1) is 12.0. The Labute approximate surface area is 111 Å². The zero-order valence-corrected chi connectivity index (χ0v) is 10.6. The van der Waals surface area contributed by atoms with E-state index in [1.807, 2.05) is 29.0 Å². The number of amides is 1. The van der Waals surface area contributed by atoms with Crippen molar-refractivity contribution in [3.05, 3.63) is 36.0 Å². The van der Waals surface area contributed by atoms with Crippen molar-refractivity contribution >= 4 is 23.1 Å². The molecule has 0 spiro atoms. The third kappa shape index (κ3) is 2.52. The molecule has 0 atom stereocenters. The summed E-state index contributed by atoms with van der Waals surface area (Å²) in [5.41, 5.74) is 1.70. The normalized spacial score (nSPS) is 14.5. The Morgan fingerprint density at radius 2 is 2.21 bits per heavy atom. The van der Waals surface area contributed by atoms with E-state index in [4.69, 9.17) is 0 Å². The quantitative estimate of drug-likeness (QED) is 0.833. The summed E-state index contributed by atoms with van der Waals surface area (Å²) >= 11 is 0. The molecule has 2 aromatic rings. The maximum Gasteiger partial charge on any atom is 0.222 e. The number of aryl methyl sites for hydroxylation is 1. The average molecular weight is 256 g/mol. The van der Waals surface area contributed by atoms with E-state index in [2.05, 4.69) is 5.32 Å². The zero-order chi connectivity index (χ0) is 13.2. The van der Waals surface area contributed by atoms with Gasteiger partial charge in [-0.2, -0.15) is 0 Å². The van der Waals surface area contributed by atoms with Crippen LogP contribution < -0.4 is 5.32 Å². The molecule has 0 aliphatic heterocycles. The van der Waals surface area contributed by atoms with Crippen molar-refractivity contribution in [3.63, 3.8) is 0 Å². The molecule has 0 bridgehead atoms. The minimum Gasteiger partial charge on any atom is -0.353 e. The Morgan fingerprint density at radius 1 is 1.37 bits per heavy atom. The molecule has 1 amide bonds. The van der Waals surface area contributed by atoms with Gasteiger partial charge in [0.2, 0.25) is 5.91 Å². The minimum absolute atomic E-state index is 0.107. The second-order valence-electron chi connectivity index (χ2n) is 5.00. The fraction of sp³-hybridized carbons (Fsp3) is 0.333. The molecule has 19 heavy (non-hydrogen) atoms. The van der Waals surface area contributed by atoms with Crippen molar-refractivity contribution in [1.82, 2.24) is 9.88 Å². The number of benzene rings is 1. The maximum absolute atomic E-state index is 11.7. The highest BCUT2D eigenvalue weighted by Crippen LogP contribution is 2.20. The lowest BCUT2D eigenvalue weighted by atomic mass is 10.1. The summed E-state index contributed by atoms with van der Waals surface area (Å²) in [5.74, 6) is 0.107. The highest BCUT2D eigenvalue weighted by Gasteiger charge is 2.22. The van der Waals surface area contributed by atoms with E-state index in [0.29, 0.717) is 24.6 Å². The summed E-state index contributed by atoms with van der Waals surface area (Å²) in [6, 6.07) is 7.99. The van der Waals surface area contributed by atoms with Gasteiger partial charge in [0.05, 0.1) is 0 Å². The summed E-state index contributed by atoms with van der Waals surface area (Å²) in [4.78, 5) is 22.6. The molecule has 0 unspecified atom stereocenters. The van der Waals surface area contributed by atoms with Gasteiger partial charge in [-0.05, 0) is 25.0 Å². The number of hydrogen-bond donors (Lipinski definition) is 1. The van der Waals surface area contributed by atoms with Crippen molar-refractivity contribution in [2.45, 2.75) is 31.8 Å². The van der Waals surface area contributed by atoms with Gasteiger partial charge in [0.15, 0.2) is 6.29 Å². The van der Waals surface area contributed by atoms with Crippen LogP contribution in [0.5, 0.6) is 0 Å². The van der Waals surface area contributed by atoms with E-state index in [1.54, 1.807) is 6.07 Å². The van der Waals surface area contributed by atoms with Crippen LogP contribution in [0.3, 0.4) is 0 Å². The van der Waals surface area contributed by atoms with Crippen molar-refractivity contribution in [1.29, 1.82) is 0 Å². The summed E-state index contributed by atoms with van der Waals surface area (Å²) < 4.78 is 2.02. The fourth-order valence-corrected chi connectivity index (χ4v) is 2.29. The summed E-state index contributed by atoms with van der Waals surface area (Å²) in [5, 5.41) is 3.92. The molecule has 4 nitrogen and oxygen atoms in total. The first-order valence-corrected chi connectivity index (χ1v) is 6.60. The third-order valence-corrected chi connectivity index (χ3v) is 3.50. The Hall–Kier alpha value is -2.10. The molecular formula is C15H16N2O2. The van der Waals surface area contributed by atoms with Crippen LogP contribution in [0.25, 0.3) is 10.9 Å². The van der Waals surface area contributed by atoms with Crippen LogP contribution in [0.15, 0.2) is 30.5 Å². The van der Waals surface area contributed by atoms with Gasteiger partial charge in [0.1, 0.15) is 0 Å². The molecule has 1 aromatic heterocycles. The second-order valence-corrected chi connectivity index (χ2v) is 5.00. The lowest BCUT2D eigenvalue weighted by Crippen LogP contribution is -2.26.